The Morgan fingerprint density at radius 1 is 1.00 bits per heavy atom. The second-order valence-electron chi connectivity index (χ2n) is 15.2. The standard InChI is InChI=1S/C42H64FN6O9P/c1-3-4-5-6-7-8-9-10-11-12-13-14-15-16-17-18-23-54-27-35(55-26-33-24-34(43)20-19-32(33)25-44)28-56-59(52,53)57-29-37-39(50)40(51)42(58-37,30-46-2)38-22-21-36-41(45)47-31-48-49(36)38/h19-22,24,30-31,35,37,39-40,50-51H,3-18,23,26-29H2,1-2H3,(H,52,53)(H2,45,47,48)/t35-,37-,39-,40-,42+/m1/s1. The number of ether oxygens (including phenoxy) is 3. The number of unbranched alkanes of at least 4 members (excludes halogenated alkanes) is 15. The molecule has 17 heteroatoms. The number of halogens is 1. The van der Waals surface area contributed by atoms with Crippen molar-refractivity contribution in [3.8, 4) is 6.07 Å². The van der Waals surface area contributed by atoms with Gasteiger partial charge in [0.15, 0.2) is 11.4 Å². The number of aliphatic hydroxyl groups excluding tert-OH is 2. The molecule has 15 nitrogen and oxygen atoms in total. The smallest absolute Gasteiger partial charge is 0.387 e. The zero-order valence-corrected chi connectivity index (χ0v) is 35.5. The molecular formula is C42H64FN6O9P. The molecule has 1 aliphatic heterocycles. The van der Waals surface area contributed by atoms with E-state index in [1.807, 2.05) is 6.07 Å². The average molecular weight is 847 g/mol. The number of aliphatic hydroxyl groups is 2. The van der Waals surface area contributed by atoms with Gasteiger partial charge in [0.25, 0.3) is 0 Å². The minimum absolute atomic E-state index is 0.00913. The van der Waals surface area contributed by atoms with Crippen molar-refractivity contribution in [3.63, 3.8) is 0 Å². The number of aromatic nitrogens is 3. The first-order valence-corrected chi connectivity index (χ1v) is 22.6. The van der Waals surface area contributed by atoms with Gasteiger partial charge in [-0.15, -0.1) is 0 Å². The number of phosphoric acid groups is 1. The Hall–Kier alpha value is -3.36. The molecule has 59 heavy (non-hydrogen) atoms. The second-order valence-corrected chi connectivity index (χ2v) is 16.7. The van der Waals surface area contributed by atoms with Gasteiger partial charge in [0.2, 0.25) is 0 Å². The third-order valence-corrected chi connectivity index (χ3v) is 11.6. The van der Waals surface area contributed by atoms with Gasteiger partial charge in [-0.2, -0.15) is 10.4 Å². The Morgan fingerprint density at radius 3 is 2.27 bits per heavy atom. The largest absolute Gasteiger partial charge is 0.472 e. The number of nitrogens with zero attached hydrogens (tertiary/aromatic N) is 5. The highest BCUT2D eigenvalue weighted by atomic mass is 31.2. The van der Waals surface area contributed by atoms with E-state index in [2.05, 4.69) is 22.0 Å². The molecule has 0 radical (unpaired) electrons. The van der Waals surface area contributed by atoms with E-state index in [1.165, 1.54) is 126 Å². The number of nitrogens with two attached hydrogens (primary N) is 1. The van der Waals surface area contributed by atoms with Crippen LogP contribution >= 0.6 is 7.82 Å². The lowest BCUT2D eigenvalue weighted by Crippen LogP contribution is -2.43. The first kappa shape index (κ1) is 48.3. The van der Waals surface area contributed by atoms with E-state index in [-0.39, 0.29) is 30.3 Å². The first-order valence-electron chi connectivity index (χ1n) is 21.1. The Labute approximate surface area is 347 Å². The van der Waals surface area contributed by atoms with Crippen LogP contribution in [0.2, 0.25) is 0 Å². The van der Waals surface area contributed by atoms with Crippen molar-refractivity contribution in [2.75, 3.05) is 39.2 Å². The van der Waals surface area contributed by atoms with E-state index in [1.54, 1.807) is 12.1 Å². The molecule has 1 aromatic carbocycles. The molecule has 1 saturated heterocycles. The van der Waals surface area contributed by atoms with Crippen molar-refractivity contribution in [2.45, 2.75) is 146 Å². The maximum absolute atomic E-state index is 14.0. The normalized spacial score (nSPS) is 21.0. The van der Waals surface area contributed by atoms with Gasteiger partial charge >= 0.3 is 7.82 Å². The van der Waals surface area contributed by atoms with E-state index in [0.29, 0.717) is 17.7 Å². The van der Waals surface area contributed by atoms with E-state index in [4.69, 9.17) is 29.0 Å². The van der Waals surface area contributed by atoms with Gasteiger partial charge in [-0.1, -0.05) is 103 Å². The minimum Gasteiger partial charge on any atom is -0.387 e. The van der Waals surface area contributed by atoms with Gasteiger partial charge in [-0.25, -0.2) is 18.5 Å². The van der Waals surface area contributed by atoms with Crippen LogP contribution < -0.4 is 5.73 Å². The summed E-state index contributed by atoms with van der Waals surface area (Å²) in [6, 6.07) is 8.94. The van der Waals surface area contributed by atoms with E-state index >= 15 is 0 Å². The molecule has 1 fully saturated rings. The zero-order valence-electron chi connectivity index (χ0n) is 34.6. The lowest BCUT2D eigenvalue weighted by molar-refractivity contribution is -0.0626. The molecule has 3 heterocycles. The zero-order chi connectivity index (χ0) is 42.5. The van der Waals surface area contributed by atoms with Crippen LogP contribution in [0, 0.1) is 17.1 Å². The second kappa shape index (κ2) is 25.4. The number of fused-ring (bicyclic) bond motifs is 1. The monoisotopic (exact) mass is 846 g/mol. The summed E-state index contributed by atoms with van der Waals surface area (Å²) in [6.45, 7) is 1.39. The molecule has 0 spiro atoms. The maximum atomic E-state index is 14.0. The summed E-state index contributed by atoms with van der Waals surface area (Å²) >= 11 is 0. The Morgan fingerprint density at radius 2 is 1.64 bits per heavy atom. The highest BCUT2D eigenvalue weighted by Gasteiger charge is 2.56. The molecule has 0 amide bonds. The summed E-state index contributed by atoms with van der Waals surface area (Å²) in [5.74, 6) is -0.364. The van der Waals surface area contributed by atoms with E-state index in [9.17, 15) is 29.3 Å². The number of rotatable bonds is 30. The quantitative estimate of drug-likeness (QED) is 0.0294. The predicted octanol–water partition coefficient (Wildman–Crippen LogP) is 7.34. The number of nitriles is 1. The number of hydrogen-bond acceptors (Lipinski definition) is 13. The maximum Gasteiger partial charge on any atom is 0.472 e. The Balaban J connectivity index is 1.22. The molecule has 6 atom stereocenters. The summed E-state index contributed by atoms with van der Waals surface area (Å²) in [4.78, 5) is 18.7. The number of benzene rings is 1. The summed E-state index contributed by atoms with van der Waals surface area (Å²) in [7, 11) is -3.34. The topological polar surface area (TPSA) is 216 Å². The van der Waals surface area contributed by atoms with Crippen LogP contribution in [0.5, 0.6) is 0 Å². The highest BCUT2D eigenvalue weighted by Crippen LogP contribution is 2.46. The first-order chi connectivity index (χ1) is 28.5. The number of aliphatic imine (C=N–C) groups is 1. The van der Waals surface area contributed by atoms with Crippen LogP contribution in [0.25, 0.3) is 5.52 Å². The SMILES string of the molecule is CCCCCCCCCCCCCCCCCCOC[C@H](COP(=O)(O)OC[C@H]1O[C@@](C=NC)(c2ccc3c(N)ncnn23)[C@H](O)[C@@H]1O)OCc1cc(F)ccc1C#N. The summed E-state index contributed by atoms with van der Waals surface area (Å²) < 4.78 is 56.9. The van der Waals surface area contributed by atoms with Gasteiger partial charge in [0.1, 0.15) is 42.1 Å². The van der Waals surface area contributed by atoms with Crippen molar-refractivity contribution in [3.05, 3.63) is 59.3 Å². The van der Waals surface area contributed by atoms with Crippen molar-refractivity contribution in [1.82, 2.24) is 14.6 Å². The molecule has 3 aromatic rings. The van der Waals surface area contributed by atoms with Crippen LogP contribution in [0.4, 0.5) is 10.2 Å². The molecule has 1 aliphatic rings. The van der Waals surface area contributed by atoms with E-state index < -0.39 is 56.9 Å². The lowest BCUT2D eigenvalue weighted by atomic mass is 9.92. The Kier molecular flexibility index (Phi) is 20.8. The number of hydrogen-bond donors (Lipinski definition) is 4. The molecule has 0 aliphatic carbocycles. The number of anilines is 1. The van der Waals surface area contributed by atoms with Crippen LogP contribution in [0.15, 0.2) is 41.7 Å². The highest BCUT2D eigenvalue weighted by molar-refractivity contribution is 7.47. The Bertz CT molecular complexity index is 1810. The molecule has 2 aromatic heterocycles. The van der Waals surface area contributed by atoms with Crippen LogP contribution in [-0.4, -0.2) is 93.8 Å². The van der Waals surface area contributed by atoms with Crippen molar-refractivity contribution >= 4 is 25.4 Å². The summed E-state index contributed by atoms with van der Waals surface area (Å²) in [5.41, 5.74) is 5.49. The van der Waals surface area contributed by atoms with Crippen LogP contribution in [-0.2, 0) is 40.0 Å². The molecule has 5 N–H and O–H groups in total. The molecule has 1 unspecified atom stereocenters. The van der Waals surface area contributed by atoms with Crippen molar-refractivity contribution in [1.29, 1.82) is 5.26 Å². The predicted molar refractivity (Wildman–Crippen MR) is 222 cm³/mol. The van der Waals surface area contributed by atoms with E-state index in [0.717, 1.165) is 19.3 Å². The summed E-state index contributed by atoms with van der Waals surface area (Å²) in [5, 5.41) is 35.9. The fourth-order valence-electron chi connectivity index (χ4n) is 7.30. The summed E-state index contributed by atoms with van der Waals surface area (Å²) in [6.07, 6.45) is 17.3. The fourth-order valence-corrected chi connectivity index (χ4v) is 8.06. The third kappa shape index (κ3) is 14.9. The van der Waals surface area contributed by atoms with Crippen LogP contribution in [0.3, 0.4) is 0 Å². The molecule has 328 valence electrons. The minimum atomic E-state index is -4.80. The van der Waals surface area contributed by atoms with Crippen molar-refractivity contribution in [2.24, 2.45) is 4.99 Å². The molecular weight excluding hydrogens is 782 g/mol. The lowest BCUT2D eigenvalue weighted by Gasteiger charge is -2.27. The number of phosphoric ester groups is 1. The average Bonchev–Trinajstić information content (AvgIpc) is 3.77. The van der Waals surface area contributed by atoms with Crippen LogP contribution in [0.1, 0.15) is 126 Å². The third-order valence-electron chi connectivity index (χ3n) is 10.6. The molecule has 4 rings (SSSR count). The van der Waals surface area contributed by atoms with Crippen molar-refractivity contribution < 1.29 is 47.3 Å². The molecule has 0 bridgehead atoms. The van der Waals surface area contributed by atoms with Gasteiger partial charge in [-0.05, 0) is 42.3 Å². The fraction of sp³-hybridized carbons (Fsp3) is 0.667. The van der Waals surface area contributed by atoms with Gasteiger partial charge < -0.3 is 35.1 Å². The molecule has 0 saturated carbocycles. The number of nitrogen functional groups attached to an aromatic ring is 1. The van der Waals surface area contributed by atoms with Gasteiger partial charge in [0.05, 0.1) is 43.8 Å². The van der Waals surface area contributed by atoms with Gasteiger partial charge in [-0.3, -0.25) is 14.0 Å². The van der Waals surface area contributed by atoms with Gasteiger partial charge in [0, 0.05) is 19.9 Å².